The molecule has 1 aromatic rings. The van der Waals surface area contributed by atoms with Gasteiger partial charge in [0.2, 0.25) is 0 Å². The molecule has 3 rings (SSSR count). The lowest BCUT2D eigenvalue weighted by Gasteiger charge is -2.47. The van der Waals surface area contributed by atoms with Crippen LogP contribution in [-0.2, 0) is 0 Å². The molecule has 1 aliphatic heterocycles. The van der Waals surface area contributed by atoms with Crippen LogP contribution in [0.4, 0.5) is 0 Å². The van der Waals surface area contributed by atoms with E-state index in [1.165, 1.54) is 37.7 Å². The van der Waals surface area contributed by atoms with E-state index < -0.39 is 0 Å². The van der Waals surface area contributed by atoms with Gasteiger partial charge in [-0.3, -0.25) is 4.90 Å². The molecule has 0 aromatic heterocycles. The summed E-state index contributed by atoms with van der Waals surface area (Å²) in [6.07, 6.45) is 8.89. The van der Waals surface area contributed by atoms with Crippen LogP contribution >= 0.6 is 0 Å². The van der Waals surface area contributed by atoms with Gasteiger partial charge in [-0.25, -0.2) is 0 Å². The van der Waals surface area contributed by atoms with Gasteiger partial charge < -0.3 is 5.11 Å². The van der Waals surface area contributed by atoms with E-state index in [1.807, 2.05) is 0 Å². The van der Waals surface area contributed by atoms with E-state index in [-0.39, 0.29) is 6.10 Å². The zero-order chi connectivity index (χ0) is 15.6. The van der Waals surface area contributed by atoms with Crippen LogP contribution in [0.25, 0.3) is 0 Å². The minimum Gasteiger partial charge on any atom is -0.388 e. The van der Waals surface area contributed by atoms with E-state index in [0.717, 1.165) is 31.5 Å². The lowest BCUT2D eigenvalue weighted by Crippen LogP contribution is -2.51. The van der Waals surface area contributed by atoms with E-state index >= 15 is 0 Å². The number of aryl methyl sites for hydroxylation is 1. The predicted molar refractivity (Wildman–Crippen MR) is 91.9 cm³/mol. The van der Waals surface area contributed by atoms with Crippen molar-refractivity contribution in [3.05, 3.63) is 35.4 Å². The van der Waals surface area contributed by atoms with Crippen molar-refractivity contribution in [3.8, 4) is 0 Å². The van der Waals surface area contributed by atoms with Gasteiger partial charge in [0.15, 0.2) is 0 Å². The molecule has 1 saturated carbocycles. The maximum absolute atomic E-state index is 10.7. The number of rotatable bonds is 3. The summed E-state index contributed by atoms with van der Waals surface area (Å²) in [6, 6.07) is 8.40. The SMILES string of the molecule is Cc1ccc(C(O)C2CCN(C3(C)CCCCC3)CC2)cc1. The van der Waals surface area contributed by atoms with Crippen LogP contribution in [0.5, 0.6) is 0 Å². The second-order valence-electron chi connectivity index (χ2n) is 7.74. The Balaban J connectivity index is 1.58. The molecule has 2 aliphatic rings. The Morgan fingerprint density at radius 1 is 1.05 bits per heavy atom. The minimum atomic E-state index is -0.290. The molecule has 2 heteroatoms. The molecular weight excluding hydrogens is 270 g/mol. The lowest BCUT2D eigenvalue weighted by atomic mass is 9.79. The summed E-state index contributed by atoms with van der Waals surface area (Å²) >= 11 is 0. The number of hydrogen-bond acceptors (Lipinski definition) is 2. The summed E-state index contributed by atoms with van der Waals surface area (Å²) in [7, 11) is 0. The highest BCUT2D eigenvalue weighted by atomic mass is 16.3. The fourth-order valence-electron chi connectivity index (χ4n) is 4.42. The molecule has 22 heavy (non-hydrogen) atoms. The lowest BCUT2D eigenvalue weighted by molar-refractivity contribution is 0.00105. The van der Waals surface area contributed by atoms with Gasteiger partial charge in [0.25, 0.3) is 0 Å². The van der Waals surface area contributed by atoms with Crippen molar-refractivity contribution >= 4 is 0 Å². The van der Waals surface area contributed by atoms with E-state index in [9.17, 15) is 5.11 Å². The normalized spacial score (nSPS) is 25.0. The van der Waals surface area contributed by atoms with E-state index in [4.69, 9.17) is 0 Å². The topological polar surface area (TPSA) is 23.5 Å². The third-order valence-corrected chi connectivity index (χ3v) is 6.10. The maximum atomic E-state index is 10.7. The van der Waals surface area contributed by atoms with Crippen molar-refractivity contribution in [1.82, 2.24) is 4.90 Å². The van der Waals surface area contributed by atoms with Gasteiger partial charge in [0.05, 0.1) is 6.10 Å². The number of piperidine rings is 1. The van der Waals surface area contributed by atoms with Crippen molar-refractivity contribution in [2.45, 2.75) is 70.4 Å². The summed E-state index contributed by atoms with van der Waals surface area (Å²) in [6.45, 7) is 6.87. The van der Waals surface area contributed by atoms with E-state index in [1.54, 1.807) is 0 Å². The van der Waals surface area contributed by atoms with Gasteiger partial charge in [-0.05, 0) is 64.1 Å². The van der Waals surface area contributed by atoms with Gasteiger partial charge in [0, 0.05) is 5.54 Å². The highest BCUT2D eigenvalue weighted by Gasteiger charge is 2.36. The molecule has 1 aromatic carbocycles. The van der Waals surface area contributed by atoms with Crippen molar-refractivity contribution in [3.63, 3.8) is 0 Å². The first-order valence-corrected chi connectivity index (χ1v) is 9.08. The second kappa shape index (κ2) is 6.72. The Kier molecular flexibility index (Phi) is 4.89. The minimum absolute atomic E-state index is 0.290. The molecule has 122 valence electrons. The van der Waals surface area contributed by atoms with Crippen molar-refractivity contribution in [2.75, 3.05) is 13.1 Å². The van der Waals surface area contributed by atoms with Crippen LogP contribution in [0, 0.1) is 12.8 Å². The number of nitrogens with zero attached hydrogens (tertiary/aromatic N) is 1. The maximum Gasteiger partial charge on any atom is 0.0819 e. The summed E-state index contributed by atoms with van der Waals surface area (Å²) in [5, 5.41) is 10.7. The molecule has 2 fully saturated rings. The number of likely N-dealkylation sites (tertiary alicyclic amines) is 1. The smallest absolute Gasteiger partial charge is 0.0819 e. The molecule has 1 aliphatic carbocycles. The summed E-state index contributed by atoms with van der Waals surface area (Å²) in [4.78, 5) is 2.71. The molecule has 0 radical (unpaired) electrons. The highest BCUT2D eigenvalue weighted by Crippen LogP contribution is 2.38. The Hall–Kier alpha value is -0.860. The number of aliphatic hydroxyl groups excluding tert-OH is 1. The van der Waals surface area contributed by atoms with Crippen LogP contribution in [-0.4, -0.2) is 28.6 Å². The largest absolute Gasteiger partial charge is 0.388 e. The quantitative estimate of drug-likeness (QED) is 0.891. The first-order chi connectivity index (χ1) is 10.6. The van der Waals surface area contributed by atoms with Crippen molar-refractivity contribution in [1.29, 1.82) is 0 Å². The monoisotopic (exact) mass is 301 g/mol. The number of hydrogen-bond donors (Lipinski definition) is 1. The standard InChI is InChI=1S/C20H31NO/c1-16-6-8-17(9-7-16)19(22)18-10-14-21(15-11-18)20(2)12-4-3-5-13-20/h6-9,18-19,22H,3-5,10-15H2,1-2H3. The van der Waals surface area contributed by atoms with Crippen LogP contribution in [0.15, 0.2) is 24.3 Å². The van der Waals surface area contributed by atoms with Gasteiger partial charge in [0.1, 0.15) is 0 Å². The molecule has 1 saturated heterocycles. The molecule has 0 amide bonds. The third-order valence-electron chi connectivity index (χ3n) is 6.10. The third kappa shape index (κ3) is 3.38. The molecular formula is C20H31NO. The fourth-order valence-corrected chi connectivity index (χ4v) is 4.42. The van der Waals surface area contributed by atoms with Crippen molar-refractivity contribution < 1.29 is 5.11 Å². The molecule has 1 atom stereocenters. The first-order valence-electron chi connectivity index (χ1n) is 9.08. The van der Waals surface area contributed by atoms with Gasteiger partial charge in [-0.2, -0.15) is 0 Å². The van der Waals surface area contributed by atoms with Crippen LogP contribution in [0.2, 0.25) is 0 Å². The summed E-state index contributed by atoms with van der Waals surface area (Å²) in [5.41, 5.74) is 2.78. The van der Waals surface area contributed by atoms with Crippen LogP contribution < -0.4 is 0 Å². The number of aliphatic hydroxyl groups is 1. The molecule has 0 spiro atoms. The molecule has 1 N–H and O–H groups in total. The Bertz CT molecular complexity index is 467. The first kappa shape index (κ1) is 16.0. The molecule has 0 bridgehead atoms. The van der Waals surface area contributed by atoms with Crippen LogP contribution in [0.3, 0.4) is 0 Å². The Labute approximate surface area is 135 Å². The van der Waals surface area contributed by atoms with E-state index in [0.29, 0.717) is 11.5 Å². The highest BCUT2D eigenvalue weighted by molar-refractivity contribution is 5.23. The fraction of sp³-hybridized carbons (Fsp3) is 0.700. The molecule has 1 heterocycles. The van der Waals surface area contributed by atoms with Crippen LogP contribution in [0.1, 0.15) is 69.1 Å². The second-order valence-corrected chi connectivity index (χ2v) is 7.74. The van der Waals surface area contributed by atoms with E-state index in [2.05, 4.69) is 43.0 Å². The van der Waals surface area contributed by atoms with Gasteiger partial charge in [-0.1, -0.05) is 49.1 Å². The summed E-state index contributed by atoms with van der Waals surface area (Å²) < 4.78 is 0. The van der Waals surface area contributed by atoms with Gasteiger partial charge in [-0.15, -0.1) is 0 Å². The Morgan fingerprint density at radius 3 is 2.23 bits per heavy atom. The average molecular weight is 301 g/mol. The zero-order valence-corrected chi connectivity index (χ0v) is 14.2. The number of benzene rings is 1. The Morgan fingerprint density at radius 2 is 1.64 bits per heavy atom. The zero-order valence-electron chi connectivity index (χ0n) is 14.2. The summed E-state index contributed by atoms with van der Waals surface area (Å²) in [5.74, 6) is 0.422. The van der Waals surface area contributed by atoms with Gasteiger partial charge >= 0.3 is 0 Å². The predicted octanol–water partition coefficient (Wildman–Crippen LogP) is 4.46. The average Bonchev–Trinajstić information content (AvgIpc) is 2.56. The van der Waals surface area contributed by atoms with Crippen molar-refractivity contribution in [2.24, 2.45) is 5.92 Å². The molecule has 2 nitrogen and oxygen atoms in total. The molecule has 1 unspecified atom stereocenters.